The van der Waals surface area contributed by atoms with E-state index in [1.807, 2.05) is 0 Å². The Balaban J connectivity index is 2.32. The van der Waals surface area contributed by atoms with Crippen molar-refractivity contribution in [3.63, 3.8) is 0 Å². The van der Waals surface area contributed by atoms with E-state index in [-0.39, 0.29) is 0 Å². The van der Waals surface area contributed by atoms with Crippen molar-refractivity contribution < 1.29 is 4.74 Å². The molecule has 0 saturated carbocycles. The van der Waals surface area contributed by atoms with E-state index in [1.54, 1.807) is 0 Å². The summed E-state index contributed by atoms with van der Waals surface area (Å²) in [5.41, 5.74) is 6.93. The number of hydrogen-bond donors (Lipinski definition) is 1. The highest BCUT2D eigenvalue weighted by atomic mass is 16.5. The Morgan fingerprint density at radius 3 is 3.18 bits per heavy atom. The minimum atomic E-state index is 0.410. The van der Waals surface area contributed by atoms with Crippen LogP contribution in [0.1, 0.15) is 26.2 Å². The molecule has 0 aliphatic carbocycles. The fraction of sp³-hybridized carbons (Fsp3) is 0.778. The van der Waals surface area contributed by atoms with Gasteiger partial charge >= 0.3 is 0 Å². The first-order chi connectivity index (χ1) is 5.33. The van der Waals surface area contributed by atoms with Gasteiger partial charge in [-0.2, -0.15) is 0 Å². The minimum absolute atomic E-state index is 0.410. The van der Waals surface area contributed by atoms with E-state index in [0.717, 1.165) is 32.4 Å². The Morgan fingerprint density at radius 1 is 1.73 bits per heavy atom. The summed E-state index contributed by atoms with van der Waals surface area (Å²) in [5.74, 6) is 0. The number of hydrogen-bond acceptors (Lipinski definition) is 2. The van der Waals surface area contributed by atoms with Crippen molar-refractivity contribution in [1.29, 1.82) is 0 Å². The molecule has 0 spiro atoms. The van der Waals surface area contributed by atoms with Crippen LogP contribution >= 0.6 is 0 Å². The van der Waals surface area contributed by atoms with E-state index in [1.165, 1.54) is 5.57 Å². The third kappa shape index (κ3) is 3.04. The lowest BCUT2D eigenvalue weighted by Gasteiger charge is -2.21. The predicted molar refractivity (Wildman–Crippen MR) is 46.4 cm³/mol. The molecule has 1 aliphatic heterocycles. The van der Waals surface area contributed by atoms with Crippen LogP contribution in [0.15, 0.2) is 11.6 Å². The second-order valence-corrected chi connectivity index (χ2v) is 3.08. The molecule has 11 heavy (non-hydrogen) atoms. The molecule has 64 valence electrons. The summed E-state index contributed by atoms with van der Waals surface area (Å²) in [5, 5.41) is 0. The van der Waals surface area contributed by atoms with Crippen molar-refractivity contribution in [1.82, 2.24) is 0 Å². The largest absolute Gasteiger partial charge is 0.378 e. The van der Waals surface area contributed by atoms with Crippen LogP contribution in [0, 0.1) is 0 Å². The fourth-order valence-corrected chi connectivity index (χ4v) is 1.39. The molecule has 1 unspecified atom stereocenters. The maximum absolute atomic E-state index is 5.42. The highest BCUT2D eigenvalue weighted by Gasteiger charge is 2.11. The molecule has 1 fully saturated rings. The van der Waals surface area contributed by atoms with Crippen LogP contribution in [-0.4, -0.2) is 19.3 Å². The molecule has 0 aromatic rings. The molecule has 0 aromatic heterocycles. The molecule has 0 amide bonds. The summed E-state index contributed by atoms with van der Waals surface area (Å²) in [6, 6.07) is 0. The Labute approximate surface area is 68.4 Å². The molecule has 1 heterocycles. The Morgan fingerprint density at radius 2 is 2.55 bits per heavy atom. The molecule has 1 aliphatic rings. The van der Waals surface area contributed by atoms with Gasteiger partial charge in [-0.1, -0.05) is 11.6 Å². The monoisotopic (exact) mass is 155 g/mol. The van der Waals surface area contributed by atoms with Gasteiger partial charge in [0.25, 0.3) is 0 Å². The predicted octanol–water partition coefficient (Wildman–Crippen LogP) is 1.46. The number of ether oxygens (including phenoxy) is 1. The van der Waals surface area contributed by atoms with Crippen molar-refractivity contribution >= 4 is 0 Å². The Hall–Kier alpha value is -0.340. The molecule has 0 radical (unpaired) electrons. The van der Waals surface area contributed by atoms with Gasteiger partial charge in [-0.25, -0.2) is 0 Å². The summed E-state index contributed by atoms with van der Waals surface area (Å²) in [6.07, 6.45) is 5.89. The lowest BCUT2D eigenvalue weighted by molar-refractivity contribution is 0.0485. The highest BCUT2D eigenvalue weighted by molar-refractivity contribution is 5.05. The standard InChI is InChI=1S/C9H17NO/c1-8-7-9(3-2-5-10)4-6-11-8/h3,8H,2,4-7,10H2,1H3. The van der Waals surface area contributed by atoms with Crippen LogP contribution in [0.25, 0.3) is 0 Å². The van der Waals surface area contributed by atoms with E-state index in [4.69, 9.17) is 10.5 Å². The normalized spacial score (nSPS) is 29.3. The summed E-state index contributed by atoms with van der Waals surface area (Å²) >= 11 is 0. The van der Waals surface area contributed by atoms with E-state index in [9.17, 15) is 0 Å². The summed E-state index contributed by atoms with van der Waals surface area (Å²) in [7, 11) is 0. The van der Waals surface area contributed by atoms with Gasteiger partial charge in [0.2, 0.25) is 0 Å². The van der Waals surface area contributed by atoms with Crippen molar-refractivity contribution in [2.45, 2.75) is 32.3 Å². The van der Waals surface area contributed by atoms with Crippen molar-refractivity contribution in [2.24, 2.45) is 5.73 Å². The molecule has 2 heteroatoms. The third-order valence-electron chi connectivity index (χ3n) is 1.97. The first kappa shape index (κ1) is 8.75. The van der Waals surface area contributed by atoms with Crippen LogP contribution in [0.5, 0.6) is 0 Å². The maximum Gasteiger partial charge on any atom is 0.0584 e. The summed E-state index contributed by atoms with van der Waals surface area (Å²) < 4.78 is 5.42. The Kier molecular flexibility index (Phi) is 3.60. The number of nitrogens with two attached hydrogens (primary N) is 1. The van der Waals surface area contributed by atoms with Gasteiger partial charge in [0, 0.05) is 0 Å². The topological polar surface area (TPSA) is 35.2 Å². The van der Waals surface area contributed by atoms with E-state index in [0.29, 0.717) is 6.10 Å². The van der Waals surface area contributed by atoms with Crippen molar-refractivity contribution in [3.8, 4) is 0 Å². The van der Waals surface area contributed by atoms with E-state index < -0.39 is 0 Å². The van der Waals surface area contributed by atoms with Gasteiger partial charge in [-0.3, -0.25) is 0 Å². The van der Waals surface area contributed by atoms with Crippen molar-refractivity contribution in [3.05, 3.63) is 11.6 Å². The average molecular weight is 155 g/mol. The van der Waals surface area contributed by atoms with Gasteiger partial charge in [0.1, 0.15) is 0 Å². The SMILES string of the molecule is CC1CC(=CCCN)CCO1. The molecule has 2 nitrogen and oxygen atoms in total. The zero-order chi connectivity index (χ0) is 8.10. The van der Waals surface area contributed by atoms with Crippen molar-refractivity contribution in [2.75, 3.05) is 13.2 Å². The van der Waals surface area contributed by atoms with Crippen LogP contribution in [0.3, 0.4) is 0 Å². The van der Waals surface area contributed by atoms with Crippen LogP contribution in [-0.2, 0) is 4.74 Å². The van der Waals surface area contributed by atoms with Gasteiger partial charge in [0.15, 0.2) is 0 Å². The molecular weight excluding hydrogens is 138 g/mol. The van der Waals surface area contributed by atoms with E-state index in [2.05, 4.69) is 13.0 Å². The van der Waals surface area contributed by atoms with Gasteiger partial charge in [-0.15, -0.1) is 0 Å². The highest BCUT2D eigenvalue weighted by Crippen LogP contribution is 2.18. The third-order valence-corrected chi connectivity index (χ3v) is 1.97. The first-order valence-electron chi connectivity index (χ1n) is 4.32. The molecule has 2 N–H and O–H groups in total. The second-order valence-electron chi connectivity index (χ2n) is 3.08. The molecule has 0 aromatic carbocycles. The van der Waals surface area contributed by atoms with Gasteiger partial charge in [-0.05, 0) is 32.7 Å². The van der Waals surface area contributed by atoms with Crippen LogP contribution in [0.2, 0.25) is 0 Å². The molecular formula is C9H17NO. The zero-order valence-corrected chi connectivity index (χ0v) is 7.18. The molecule has 1 rings (SSSR count). The summed E-state index contributed by atoms with van der Waals surface area (Å²) in [4.78, 5) is 0. The molecule has 1 atom stereocenters. The van der Waals surface area contributed by atoms with E-state index >= 15 is 0 Å². The smallest absolute Gasteiger partial charge is 0.0584 e. The lowest BCUT2D eigenvalue weighted by Crippen LogP contribution is -2.17. The lowest BCUT2D eigenvalue weighted by atomic mass is 10.0. The maximum atomic E-state index is 5.42. The zero-order valence-electron chi connectivity index (χ0n) is 7.18. The second kappa shape index (κ2) is 4.52. The van der Waals surface area contributed by atoms with Crippen LogP contribution < -0.4 is 5.73 Å². The minimum Gasteiger partial charge on any atom is -0.378 e. The van der Waals surface area contributed by atoms with Gasteiger partial charge in [0.05, 0.1) is 12.7 Å². The molecule has 1 saturated heterocycles. The van der Waals surface area contributed by atoms with Crippen LogP contribution in [0.4, 0.5) is 0 Å². The average Bonchev–Trinajstić information content (AvgIpc) is 2.01. The summed E-state index contributed by atoms with van der Waals surface area (Å²) in [6.45, 7) is 3.77. The first-order valence-corrected chi connectivity index (χ1v) is 4.32. The fourth-order valence-electron chi connectivity index (χ4n) is 1.39. The van der Waals surface area contributed by atoms with Gasteiger partial charge < -0.3 is 10.5 Å². The quantitative estimate of drug-likeness (QED) is 0.613. The Bertz CT molecular complexity index is 142. The molecule has 0 bridgehead atoms. The number of rotatable bonds is 2.